The highest BCUT2D eigenvalue weighted by molar-refractivity contribution is 5.94. The van der Waals surface area contributed by atoms with Crippen molar-refractivity contribution in [1.82, 2.24) is 0 Å². The first-order valence-electron chi connectivity index (χ1n) is 4.65. The standard InChI is InChI=1S/C9H4N2O8/c12-4-2-1-3-7(13)6(11(17)18)9(14)19-8(3)5(4)10(15)16/h1-2,12-13H. The van der Waals surface area contributed by atoms with Crippen molar-refractivity contribution in [3.63, 3.8) is 0 Å². The predicted molar refractivity (Wildman–Crippen MR) is 59.1 cm³/mol. The second-order valence-corrected chi connectivity index (χ2v) is 3.41. The molecule has 0 spiro atoms. The molecule has 0 bridgehead atoms. The van der Waals surface area contributed by atoms with Crippen LogP contribution >= 0.6 is 0 Å². The van der Waals surface area contributed by atoms with Gasteiger partial charge in [0.2, 0.25) is 11.3 Å². The minimum absolute atomic E-state index is 0.421. The molecule has 0 atom stereocenters. The van der Waals surface area contributed by atoms with Gasteiger partial charge in [-0.1, -0.05) is 0 Å². The van der Waals surface area contributed by atoms with Crippen LogP contribution < -0.4 is 5.63 Å². The highest BCUT2D eigenvalue weighted by Crippen LogP contribution is 2.39. The van der Waals surface area contributed by atoms with Crippen LogP contribution in [0.25, 0.3) is 11.0 Å². The molecule has 0 fully saturated rings. The molecule has 10 heteroatoms. The van der Waals surface area contributed by atoms with Crippen LogP contribution in [0.4, 0.5) is 11.4 Å². The summed E-state index contributed by atoms with van der Waals surface area (Å²) < 4.78 is 4.45. The number of aromatic hydroxyl groups is 2. The molecule has 2 aromatic rings. The first-order chi connectivity index (χ1) is 8.84. The van der Waals surface area contributed by atoms with Crippen LogP contribution in [-0.4, -0.2) is 20.1 Å². The van der Waals surface area contributed by atoms with Gasteiger partial charge in [0.15, 0.2) is 5.75 Å². The van der Waals surface area contributed by atoms with Gasteiger partial charge in [-0.3, -0.25) is 20.2 Å². The minimum Gasteiger partial charge on any atom is -0.502 e. The topological polar surface area (TPSA) is 157 Å². The molecule has 0 aliphatic carbocycles. The largest absolute Gasteiger partial charge is 0.502 e. The summed E-state index contributed by atoms with van der Waals surface area (Å²) in [5.41, 5.74) is -4.48. The normalized spacial score (nSPS) is 10.5. The maximum Gasteiger partial charge on any atom is 0.419 e. The average molecular weight is 268 g/mol. The summed E-state index contributed by atoms with van der Waals surface area (Å²) in [6, 6.07) is 1.81. The molecule has 1 heterocycles. The minimum atomic E-state index is -1.55. The van der Waals surface area contributed by atoms with E-state index in [9.17, 15) is 35.2 Å². The summed E-state index contributed by atoms with van der Waals surface area (Å²) in [5, 5.41) is 39.8. The third kappa shape index (κ3) is 1.71. The molecule has 98 valence electrons. The molecule has 1 aromatic carbocycles. The average Bonchev–Trinajstić information content (AvgIpc) is 2.26. The molecule has 0 saturated heterocycles. The second-order valence-electron chi connectivity index (χ2n) is 3.41. The van der Waals surface area contributed by atoms with Crippen molar-refractivity contribution < 1.29 is 24.5 Å². The Morgan fingerprint density at radius 2 is 1.63 bits per heavy atom. The molecule has 0 aliphatic heterocycles. The van der Waals surface area contributed by atoms with E-state index in [-0.39, 0.29) is 0 Å². The van der Waals surface area contributed by atoms with E-state index in [4.69, 9.17) is 0 Å². The third-order valence-electron chi connectivity index (χ3n) is 2.34. The summed E-state index contributed by atoms with van der Waals surface area (Å²) in [7, 11) is 0. The fourth-order valence-corrected chi connectivity index (χ4v) is 1.55. The van der Waals surface area contributed by atoms with Crippen molar-refractivity contribution in [3.8, 4) is 11.5 Å². The molecule has 2 N–H and O–H groups in total. The lowest BCUT2D eigenvalue weighted by Crippen LogP contribution is -2.07. The molecule has 0 radical (unpaired) electrons. The van der Waals surface area contributed by atoms with Crippen LogP contribution in [0.15, 0.2) is 21.3 Å². The van der Waals surface area contributed by atoms with Crippen molar-refractivity contribution in [2.45, 2.75) is 0 Å². The van der Waals surface area contributed by atoms with Crippen molar-refractivity contribution in [2.24, 2.45) is 0 Å². The van der Waals surface area contributed by atoms with E-state index in [2.05, 4.69) is 4.42 Å². The quantitative estimate of drug-likeness (QED) is 0.464. The van der Waals surface area contributed by atoms with Crippen molar-refractivity contribution in [3.05, 3.63) is 42.8 Å². The van der Waals surface area contributed by atoms with E-state index in [1.807, 2.05) is 0 Å². The fraction of sp³-hybridized carbons (Fsp3) is 0. The van der Waals surface area contributed by atoms with E-state index in [1.54, 1.807) is 0 Å². The zero-order chi connectivity index (χ0) is 14.3. The summed E-state index contributed by atoms with van der Waals surface area (Å²) in [6.45, 7) is 0. The van der Waals surface area contributed by atoms with Gasteiger partial charge >= 0.3 is 17.0 Å². The number of fused-ring (bicyclic) bond motifs is 1. The van der Waals surface area contributed by atoms with Crippen LogP contribution in [0.5, 0.6) is 11.5 Å². The maximum absolute atomic E-state index is 11.3. The van der Waals surface area contributed by atoms with Crippen molar-refractivity contribution in [1.29, 1.82) is 0 Å². The number of nitrogens with zero attached hydrogens (tertiary/aromatic N) is 2. The Morgan fingerprint density at radius 3 is 2.16 bits per heavy atom. The van der Waals surface area contributed by atoms with Crippen molar-refractivity contribution >= 4 is 22.3 Å². The fourth-order valence-electron chi connectivity index (χ4n) is 1.55. The third-order valence-corrected chi connectivity index (χ3v) is 2.34. The number of hydrogen-bond acceptors (Lipinski definition) is 8. The monoisotopic (exact) mass is 268 g/mol. The van der Waals surface area contributed by atoms with Crippen LogP contribution in [0.1, 0.15) is 0 Å². The van der Waals surface area contributed by atoms with Crippen LogP contribution in [0.3, 0.4) is 0 Å². The molecule has 0 aliphatic rings. The van der Waals surface area contributed by atoms with E-state index in [1.165, 1.54) is 0 Å². The number of nitro benzene ring substituents is 1. The molecule has 10 nitrogen and oxygen atoms in total. The Kier molecular flexibility index (Phi) is 2.55. The number of nitro groups is 2. The zero-order valence-electron chi connectivity index (χ0n) is 8.89. The summed E-state index contributed by atoms with van der Waals surface area (Å²) >= 11 is 0. The maximum atomic E-state index is 11.3. The molecule has 0 amide bonds. The lowest BCUT2D eigenvalue weighted by atomic mass is 10.1. The van der Waals surface area contributed by atoms with Gasteiger partial charge in [-0.25, -0.2) is 4.79 Å². The first kappa shape index (κ1) is 12.3. The SMILES string of the molecule is O=c1oc2c([N+](=O)[O-])c(O)ccc2c(O)c1[N+](=O)[O-]. The van der Waals surface area contributed by atoms with Gasteiger partial charge in [-0.15, -0.1) is 0 Å². The highest BCUT2D eigenvalue weighted by Gasteiger charge is 2.30. The molecule has 2 rings (SSSR count). The Labute approximate surface area is 102 Å². The van der Waals surface area contributed by atoms with Gasteiger partial charge in [0, 0.05) is 0 Å². The number of phenolic OH excluding ortho intramolecular Hbond substituents is 1. The molecular formula is C9H4N2O8. The smallest absolute Gasteiger partial charge is 0.419 e. The Hall–Kier alpha value is -3.17. The molecule has 1 aromatic heterocycles. The Morgan fingerprint density at radius 1 is 1.05 bits per heavy atom. The Balaban J connectivity index is 3.04. The lowest BCUT2D eigenvalue weighted by molar-refractivity contribution is -0.388. The van der Waals surface area contributed by atoms with E-state index in [0.717, 1.165) is 12.1 Å². The van der Waals surface area contributed by atoms with E-state index < -0.39 is 49.3 Å². The number of benzene rings is 1. The van der Waals surface area contributed by atoms with Gasteiger partial charge in [0.05, 0.1) is 15.2 Å². The van der Waals surface area contributed by atoms with E-state index in [0.29, 0.717) is 0 Å². The second kappa shape index (κ2) is 3.94. The molecule has 0 saturated carbocycles. The van der Waals surface area contributed by atoms with Crippen LogP contribution in [0, 0.1) is 20.2 Å². The van der Waals surface area contributed by atoms with Crippen LogP contribution in [0.2, 0.25) is 0 Å². The Bertz CT molecular complexity index is 778. The van der Waals surface area contributed by atoms with Gasteiger partial charge in [0.1, 0.15) is 0 Å². The van der Waals surface area contributed by atoms with Crippen LogP contribution in [-0.2, 0) is 0 Å². The van der Waals surface area contributed by atoms with Crippen molar-refractivity contribution in [2.75, 3.05) is 0 Å². The summed E-state index contributed by atoms with van der Waals surface area (Å²) in [4.78, 5) is 30.4. The molecular weight excluding hydrogens is 264 g/mol. The number of hydrogen-bond donors (Lipinski definition) is 2. The van der Waals surface area contributed by atoms with Gasteiger partial charge in [-0.2, -0.15) is 0 Å². The predicted octanol–water partition coefficient (Wildman–Crippen LogP) is 1.02. The summed E-state index contributed by atoms with van der Waals surface area (Å²) in [5.74, 6) is -1.85. The number of phenols is 1. The molecule has 0 unspecified atom stereocenters. The van der Waals surface area contributed by atoms with Gasteiger partial charge in [-0.05, 0) is 12.1 Å². The van der Waals surface area contributed by atoms with Gasteiger partial charge in [0.25, 0.3) is 0 Å². The number of rotatable bonds is 2. The van der Waals surface area contributed by atoms with E-state index >= 15 is 0 Å². The summed E-state index contributed by atoms with van der Waals surface area (Å²) in [6.07, 6.45) is 0. The molecule has 19 heavy (non-hydrogen) atoms. The first-order valence-corrected chi connectivity index (χ1v) is 4.65. The zero-order valence-corrected chi connectivity index (χ0v) is 8.89. The lowest BCUT2D eigenvalue weighted by Gasteiger charge is -2.02. The van der Waals surface area contributed by atoms with Gasteiger partial charge < -0.3 is 14.6 Å². The highest BCUT2D eigenvalue weighted by atomic mass is 16.6.